The Balaban J connectivity index is 2.84. The summed E-state index contributed by atoms with van der Waals surface area (Å²) in [5, 5.41) is 9.79. The minimum absolute atomic E-state index is 0.188. The van der Waals surface area contributed by atoms with Crippen molar-refractivity contribution >= 4 is 47.9 Å². The van der Waals surface area contributed by atoms with E-state index in [4.69, 9.17) is 28.4 Å². The Morgan fingerprint density at radius 2 is 1.43 bits per heavy atom. The van der Waals surface area contributed by atoms with Crippen molar-refractivity contribution in [3.05, 3.63) is 47.5 Å². The molecule has 0 spiro atoms. The Morgan fingerprint density at radius 1 is 0.852 bits per heavy atom. The maximum Gasteiger partial charge on any atom is 0.414 e. The van der Waals surface area contributed by atoms with Crippen molar-refractivity contribution in [1.82, 2.24) is 21.3 Å². The van der Waals surface area contributed by atoms with Gasteiger partial charge in [-0.15, -0.1) is 0 Å². The summed E-state index contributed by atoms with van der Waals surface area (Å²) in [4.78, 5) is 93.1. The lowest BCUT2D eigenvalue weighted by Crippen LogP contribution is -2.61. The molecule has 0 bridgehead atoms. The van der Waals surface area contributed by atoms with Gasteiger partial charge in [-0.05, 0) is 65.3 Å². The molecule has 1 aromatic rings. The molecule has 0 aliphatic carbocycles. The van der Waals surface area contributed by atoms with E-state index in [1.807, 2.05) is 0 Å². The minimum atomic E-state index is -1.71. The van der Waals surface area contributed by atoms with Crippen LogP contribution in [0.2, 0.25) is 0 Å². The molecule has 0 saturated heterocycles. The van der Waals surface area contributed by atoms with Crippen LogP contribution in [0.1, 0.15) is 74.8 Å². The van der Waals surface area contributed by atoms with Crippen LogP contribution in [-0.2, 0) is 58.9 Å². The molecular formula is C35H48FN5O13. The summed E-state index contributed by atoms with van der Waals surface area (Å²) >= 11 is 0. The van der Waals surface area contributed by atoms with Crippen molar-refractivity contribution in [3.8, 4) is 0 Å². The van der Waals surface area contributed by atoms with Gasteiger partial charge in [0, 0.05) is 34.2 Å². The van der Waals surface area contributed by atoms with Crippen LogP contribution in [0.25, 0.3) is 0 Å². The van der Waals surface area contributed by atoms with Crippen LogP contribution < -0.4 is 21.3 Å². The van der Waals surface area contributed by atoms with Gasteiger partial charge in [0.2, 0.25) is 11.9 Å². The van der Waals surface area contributed by atoms with Crippen molar-refractivity contribution in [2.45, 2.75) is 117 Å². The maximum atomic E-state index is 13.9. The lowest BCUT2D eigenvalue weighted by Gasteiger charge is -2.41. The highest BCUT2D eigenvalue weighted by Crippen LogP contribution is 2.28. The first kappa shape index (κ1) is 44.4. The number of nitrogens with zero attached hydrogens (tertiary/aromatic N) is 1. The van der Waals surface area contributed by atoms with Crippen LogP contribution in [0.5, 0.6) is 0 Å². The number of rotatable bonds is 11. The van der Waals surface area contributed by atoms with Gasteiger partial charge in [-0.1, -0.05) is 12.1 Å². The second-order valence-corrected chi connectivity index (χ2v) is 13.9. The molecular weight excluding hydrogens is 717 g/mol. The van der Waals surface area contributed by atoms with Crippen LogP contribution in [0, 0.1) is 5.82 Å². The number of guanidine groups is 1. The van der Waals surface area contributed by atoms with E-state index in [0.29, 0.717) is 5.56 Å². The molecule has 1 aromatic carbocycles. The third-order valence-corrected chi connectivity index (χ3v) is 6.52. The van der Waals surface area contributed by atoms with Crippen LogP contribution in [0.4, 0.5) is 14.0 Å². The number of hydrogen-bond acceptors (Lipinski definition) is 14. The Bertz CT molecular complexity index is 1600. The number of hydrogen-bond donors (Lipinski definition) is 4. The highest BCUT2D eigenvalue weighted by atomic mass is 19.1. The molecule has 1 aliphatic heterocycles. The number of nitrogens with one attached hydrogen (secondary N) is 4. The molecule has 0 aromatic heterocycles. The van der Waals surface area contributed by atoms with Gasteiger partial charge in [-0.25, -0.2) is 19.0 Å². The van der Waals surface area contributed by atoms with E-state index in [-0.39, 0.29) is 6.54 Å². The first-order valence-corrected chi connectivity index (χ1v) is 16.7. The zero-order chi connectivity index (χ0) is 41.0. The van der Waals surface area contributed by atoms with E-state index in [2.05, 4.69) is 26.3 Å². The Hall–Kier alpha value is -5.75. The summed E-state index contributed by atoms with van der Waals surface area (Å²) in [6.07, 6.45) is -5.94. The van der Waals surface area contributed by atoms with Gasteiger partial charge in [0.25, 0.3) is 5.91 Å². The molecule has 54 heavy (non-hydrogen) atoms. The number of amides is 4. The molecule has 0 unspecified atom stereocenters. The molecule has 0 fully saturated rings. The number of carbonyl (C=O) groups is 7. The van der Waals surface area contributed by atoms with E-state index >= 15 is 0 Å². The van der Waals surface area contributed by atoms with Crippen molar-refractivity contribution in [1.29, 1.82) is 0 Å². The van der Waals surface area contributed by atoms with Crippen molar-refractivity contribution in [3.63, 3.8) is 0 Å². The van der Waals surface area contributed by atoms with Crippen LogP contribution in [0.3, 0.4) is 0 Å². The van der Waals surface area contributed by atoms with Gasteiger partial charge in [-0.2, -0.15) is 0 Å². The maximum absolute atomic E-state index is 13.9. The number of benzene rings is 1. The highest BCUT2D eigenvalue weighted by molar-refractivity contribution is 6.01. The van der Waals surface area contributed by atoms with Gasteiger partial charge in [0.05, 0.1) is 12.1 Å². The fourth-order valence-electron chi connectivity index (χ4n) is 4.75. The van der Waals surface area contributed by atoms with Crippen LogP contribution >= 0.6 is 0 Å². The second kappa shape index (κ2) is 19.4. The van der Waals surface area contributed by atoms with E-state index in [1.54, 1.807) is 47.6 Å². The lowest BCUT2D eigenvalue weighted by molar-refractivity contribution is -0.187. The average molecular weight is 766 g/mol. The minimum Gasteiger partial charge on any atom is -0.479 e. The third-order valence-electron chi connectivity index (χ3n) is 6.52. The molecule has 18 nitrogen and oxygen atoms in total. The Kier molecular flexibility index (Phi) is 15.9. The molecule has 0 saturated carbocycles. The molecule has 1 heterocycles. The standard InChI is InChI=1S/C35H48FN5O13/c1-18(42)38-27-24(39-31(40-32(47)53-34(5,6)7)41-33(48)54-35(8,9)10)15-25(30(46)37-16-22-12-11-13-23(36)14-22)52-29(27)28(51-21(4)45)26(50-20(3)44)17-49-19(2)43/h11-15,24,26-29H,16-17H2,1-10H3,(H,37,46)(H,38,42)(H2,39,40,41,47,48)/t24-,26+,27+,28+,29+/m0/s1. The van der Waals surface area contributed by atoms with E-state index < -0.39 is 108 Å². The van der Waals surface area contributed by atoms with Gasteiger partial charge < -0.3 is 39.1 Å². The van der Waals surface area contributed by atoms with Crippen molar-refractivity contribution in [2.24, 2.45) is 4.99 Å². The molecule has 5 atom stereocenters. The van der Waals surface area contributed by atoms with Crippen LogP contribution in [-0.4, -0.2) is 96.1 Å². The number of aliphatic imine (C=N–C) groups is 1. The average Bonchev–Trinajstić information content (AvgIpc) is 2.99. The number of esters is 3. The first-order valence-electron chi connectivity index (χ1n) is 16.7. The number of halogens is 1. The fourth-order valence-corrected chi connectivity index (χ4v) is 4.75. The SMILES string of the molecule is CC(=O)N[C@H]1[C@H]([C@H](OC(C)=O)[C@@H](COC(C)=O)OC(C)=O)OC(C(=O)NCc2cccc(F)c2)=C[C@@H]1N=C(NC(=O)OC(C)(C)C)NC(=O)OC(C)(C)C. The first-order chi connectivity index (χ1) is 24.9. The van der Waals surface area contributed by atoms with Crippen LogP contribution in [0.15, 0.2) is 41.1 Å². The molecule has 1 aliphatic rings. The normalized spacial score (nSPS) is 17.8. The van der Waals surface area contributed by atoms with E-state index in [0.717, 1.165) is 33.8 Å². The van der Waals surface area contributed by atoms with E-state index in [9.17, 15) is 38.0 Å². The molecule has 298 valence electrons. The largest absolute Gasteiger partial charge is 0.479 e. The van der Waals surface area contributed by atoms with Crippen molar-refractivity contribution in [2.75, 3.05) is 6.61 Å². The number of alkyl carbamates (subject to hydrolysis) is 2. The summed E-state index contributed by atoms with van der Waals surface area (Å²) in [5.41, 5.74) is -1.62. The van der Waals surface area contributed by atoms with E-state index in [1.165, 1.54) is 18.2 Å². The third kappa shape index (κ3) is 16.3. The predicted molar refractivity (Wildman–Crippen MR) is 187 cm³/mol. The predicted octanol–water partition coefficient (Wildman–Crippen LogP) is 2.43. The summed E-state index contributed by atoms with van der Waals surface area (Å²) in [6.45, 7) is 12.9. The quantitative estimate of drug-likeness (QED) is 0.110. The number of ether oxygens (including phenoxy) is 6. The Morgan fingerprint density at radius 3 is 1.91 bits per heavy atom. The molecule has 2 rings (SSSR count). The monoisotopic (exact) mass is 765 g/mol. The highest BCUT2D eigenvalue weighted by Gasteiger charge is 2.48. The molecule has 4 amide bonds. The Labute approximate surface area is 311 Å². The zero-order valence-electron chi connectivity index (χ0n) is 31.8. The van der Waals surface area contributed by atoms with Gasteiger partial charge >= 0.3 is 30.1 Å². The summed E-state index contributed by atoms with van der Waals surface area (Å²) in [7, 11) is 0. The molecule has 4 N–H and O–H groups in total. The lowest BCUT2D eigenvalue weighted by atomic mass is 9.91. The fraction of sp³-hybridized carbons (Fsp3) is 0.543. The summed E-state index contributed by atoms with van der Waals surface area (Å²) < 4.78 is 46.6. The summed E-state index contributed by atoms with van der Waals surface area (Å²) in [6, 6.07) is 2.49. The second-order valence-electron chi connectivity index (χ2n) is 13.9. The number of carbonyl (C=O) groups excluding carboxylic acids is 7. The van der Waals surface area contributed by atoms with Gasteiger partial charge in [0.1, 0.15) is 23.6 Å². The smallest absolute Gasteiger partial charge is 0.414 e. The van der Waals surface area contributed by atoms with Gasteiger partial charge in [-0.3, -0.25) is 34.6 Å². The topological polar surface area (TPSA) is 235 Å². The van der Waals surface area contributed by atoms with Gasteiger partial charge in [0.15, 0.2) is 24.1 Å². The summed E-state index contributed by atoms with van der Waals surface area (Å²) in [5.74, 6) is -5.83. The zero-order valence-corrected chi connectivity index (χ0v) is 31.8. The molecule has 19 heteroatoms. The van der Waals surface area contributed by atoms with Crippen molar-refractivity contribution < 1.29 is 66.4 Å². The molecule has 0 radical (unpaired) electrons.